The van der Waals surface area contributed by atoms with Gasteiger partial charge in [-0.25, -0.2) is 0 Å². The molecule has 2 aliphatic heterocycles. The number of nitrogens with one attached hydrogen (secondary N) is 2. The van der Waals surface area contributed by atoms with E-state index in [0.29, 0.717) is 52.4 Å². The molecular formula is C19H17ClN2O5. The topological polar surface area (TPSA) is 85.9 Å². The quantitative estimate of drug-likeness (QED) is 0.822. The van der Waals surface area contributed by atoms with Crippen LogP contribution in [0.2, 0.25) is 5.02 Å². The Kier molecular flexibility index (Phi) is 4.53. The molecule has 0 aromatic heterocycles. The van der Waals surface area contributed by atoms with Gasteiger partial charge < -0.3 is 24.8 Å². The third-order valence-electron chi connectivity index (χ3n) is 4.23. The lowest BCUT2D eigenvalue weighted by molar-refractivity contribution is -0.122. The minimum Gasteiger partial charge on any atom is -0.489 e. The number of anilines is 2. The molecule has 27 heavy (non-hydrogen) atoms. The van der Waals surface area contributed by atoms with Gasteiger partial charge in [0.15, 0.2) is 17.6 Å². The van der Waals surface area contributed by atoms with Crippen LogP contribution in [0.5, 0.6) is 17.2 Å². The number of carbonyl (C=O) groups excluding carboxylic acids is 2. The maximum atomic E-state index is 12.6. The van der Waals surface area contributed by atoms with Crippen LogP contribution in [-0.2, 0) is 4.79 Å². The first-order valence-electron chi connectivity index (χ1n) is 8.53. The Morgan fingerprint density at radius 3 is 2.85 bits per heavy atom. The highest BCUT2D eigenvalue weighted by atomic mass is 35.5. The van der Waals surface area contributed by atoms with Crippen molar-refractivity contribution >= 4 is 34.8 Å². The van der Waals surface area contributed by atoms with Crippen molar-refractivity contribution < 1.29 is 23.8 Å². The van der Waals surface area contributed by atoms with Gasteiger partial charge in [0, 0.05) is 17.7 Å². The number of rotatable bonds is 2. The second-order valence-corrected chi connectivity index (χ2v) is 6.66. The van der Waals surface area contributed by atoms with Gasteiger partial charge in [0.1, 0.15) is 5.75 Å². The summed E-state index contributed by atoms with van der Waals surface area (Å²) in [4.78, 5) is 24.4. The molecule has 0 aliphatic carbocycles. The fourth-order valence-corrected chi connectivity index (χ4v) is 3.12. The van der Waals surface area contributed by atoms with Gasteiger partial charge in [-0.3, -0.25) is 9.59 Å². The Labute approximate surface area is 160 Å². The SMILES string of the molecule is C[C@@H]1Oc2ccc(NC(=O)c3cc(Cl)c4c(c3)OCCCO4)cc2NC1=O. The average molecular weight is 389 g/mol. The van der Waals surface area contributed by atoms with E-state index >= 15 is 0 Å². The predicted molar refractivity (Wildman–Crippen MR) is 100 cm³/mol. The van der Waals surface area contributed by atoms with E-state index in [1.165, 1.54) is 6.07 Å². The van der Waals surface area contributed by atoms with Gasteiger partial charge in [0.05, 0.1) is 23.9 Å². The summed E-state index contributed by atoms with van der Waals surface area (Å²) >= 11 is 6.24. The van der Waals surface area contributed by atoms with Crippen molar-refractivity contribution in [3.63, 3.8) is 0 Å². The van der Waals surface area contributed by atoms with E-state index in [1.54, 1.807) is 31.2 Å². The molecule has 0 radical (unpaired) electrons. The van der Waals surface area contributed by atoms with Gasteiger partial charge in [-0.05, 0) is 37.3 Å². The zero-order valence-electron chi connectivity index (χ0n) is 14.5. The van der Waals surface area contributed by atoms with E-state index in [-0.39, 0.29) is 11.8 Å². The molecule has 2 heterocycles. The highest BCUT2D eigenvalue weighted by molar-refractivity contribution is 6.32. The molecule has 4 rings (SSSR count). The van der Waals surface area contributed by atoms with Crippen LogP contribution in [0, 0.1) is 0 Å². The second kappa shape index (κ2) is 7.00. The number of fused-ring (bicyclic) bond motifs is 2. The molecule has 2 amide bonds. The van der Waals surface area contributed by atoms with Crippen molar-refractivity contribution in [1.29, 1.82) is 0 Å². The lowest BCUT2D eigenvalue weighted by Crippen LogP contribution is -2.34. The van der Waals surface area contributed by atoms with Crippen molar-refractivity contribution in [2.24, 2.45) is 0 Å². The fourth-order valence-electron chi connectivity index (χ4n) is 2.85. The van der Waals surface area contributed by atoms with Crippen LogP contribution in [0.25, 0.3) is 0 Å². The number of halogens is 1. The highest BCUT2D eigenvalue weighted by Crippen LogP contribution is 2.38. The van der Waals surface area contributed by atoms with Crippen LogP contribution in [0.3, 0.4) is 0 Å². The summed E-state index contributed by atoms with van der Waals surface area (Å²) < 4.78 is 16.7. The largest absolute Gasteiger partial charge is 0.489 e. The summed E-state index contributed by atoms with van der Waals surface area (Å²) in [7, 11) is 0. The summed E-state index contributed by atoms with van der Waals surface area (Å²) in [5.74, 6) is 0.863. The van der Waals surface area contributed by atoms with Crippen LogP contribution in [-0.4, -0.2) is 31.1 Å². The summed E-state index contributed by atoms with van der Waals surface area (Å²) in [5.41, 5.74) is 1.36. The zero-order chi connectivity index (χ0) is 19.0. The molecule has 2 aromatic carbocycles. The Morgan fingerprint density at radius 2 is 2.00 bits per heavy atom. The van der Waals surface area contributed by atoms with Gasteiger partial charge in [-0.1, -0.05) is 11.6 Å². The molecule has 140 valence electrons. The van der Waals surface area contributed by atoms with Gasteiger partial charge >= 0.3 is 0 Å². The van der Waals surface area contributed by atoms with E-state index in [0.717, 1.165) is 6.42 Å². The second-order valence-electron chi connectivity index (χ2n) is 6.25. The maximum absolute atomic E-state index is 12.6. The van der Waals surface area contributed by atoms with E-state index in [4.69, 9.17) is 25.8 Å². The smallest absolute Gasteiger partial charge is 0.265 e. The van der Waals surface area contributed by atoms with Crippen molar-refractivity contribution in [3.05, 3.63) is 40.9 Å². The minimum atomic E-state index is -0.554. The average Bonchev–Trinajstić information content (AvgIpc) is 2.89. The molecule has 0 bridgehead atoms. The van der Waals surface area contributed by atoms with E-state index in [9.17, 15) is 9.59 Å². The van der Waals surface area contributed by atoms with Crippen molar-refractivity contribution in [3.8, 4) is 17.2 Å². The van der Waals surface area contributed by atoms with Gasteiger partial charge in [0.2, 0.25) is 0 Å². The summed E-state index contributed by atoms with van der Waals surface area (Å²) in [5, 5.41) is 5.85. The summed E-state index contributed by atoms with van der Waals surface area (Å²) in [6, 6.07) is 8.18. The monoisotopic (exact) mass is 388 g/mol. The summed E-state index contributed by atoms with van der Waals surface area (Å²) in [6.45, 7) is 2.68. The molecule has 7 nitrogen and oxygen atoms in total. The first-order valence-corrected chi connectivity index (χ1v) is 8.91. The molecule has 2 N–H and O–H groups in total. The van der Waals surface area contributed by atoms with Crippen molar-refractivity contribution in [2.75, 3.05) is 23.8 Å². The molecule has 1 atom stereocenters. The van der Waals surface area contributed by atoms with Crippen molar-refractivity contribution in [1.82, 2.24) is 0 Å². The highest BCUT2D eigenvalue weighted by Gasteiger charge is 2.24. The van der Waals surface area contributed by atoms with Gasteiger partial charge in [-0.15, -0.1) is 0 Å². The molecule has 8 heteroatoms. The van der Waals surface area contributed by atoms with Crippen LogP contribution in [0.4, 0.5) is 11.4 Å². The van der Waals surface area contributed by atoms with Crippen molar-refractivity contribution in [2.45, 2.75) is 19.4 Å². The zero-order valence-corrected chi connectivity index (χ0v) is 15.3. The molecule has 0 saturated heterocycles. The first kappa shape index (κ1) is 17.5. The Hall–Kier alpha value is -2.93. The minimum absolute atomic E-state index is 0.236. The molecule has 0 saturated carbocycles. The first-order chi connectivity index (χ1) is 13.0. The lowest BCUT2D eigenvalue weighted by Gasteiger charge is -2.23. The number of ether oxygens (including phenoxy) is 3. The maximum Gasteiger partial charge on any atom is 0.265 e. The summed E-state index contributed by atoms with van der Waals surface area (Å²) in [6.07, 6.45) is 0.190. The Bertz CT molecular complexity index is 931. The third kappa shape index (κ3) is 3.50. The van der Waals surface area contributed by atoms with Crippen LogP contribution in [0.1, 0.15) is 23.7 Å². The van der Waals surface area contributed by atoms with E-state index in [1.807, 2.05) is 0 Å². The molecule has 0 fully saturated rings. The number of hydrogen-bond acceptors (Lipinski definition) is 5. The Morgan fingerprint density at radius 1 is 1.19 bits per heavy atom. The number of hydrogen-bond donors (Lipinski definition) is 2. The fraction of sp³-hybridized carbons (Fsp3) is 0.263. The number of benzene rings is 2. The molecule has 0 spiro atoms. The number of carbonyl (C=O) groups is 2. The normalized spacial score (nSPS) is 17.9. The van der Waals surface area contributed by atoms with Crippen LogP contribution >= 0.6 is 11.6 Å². The van der Waals surface area contributed by atoms with E-state index < -0.39 is 6.10 Å². The molecular weight excluding hydrogens is 372 g/mol. The van der Waals surface area contributed by atoms with Crippen LogP contribution in [0.15, 0.2) is 30.3 Å². The third-order valence-corrected chi connectivity index (χ3v) is 4.51. The van der Waals surface area contributed by atoms with Gasteiger partial charge in [-0.2, -0.15) is 0 Å². The molecule has 2 aromatic rings. The Balaban J connectivity index is 1.56. The van der Waals surface area contributed by atoms with Crippen LogP contribution < -0.4 is 24.8 Å². The lowest BCUT2D eigenvalue weighted by atomic mass is 10.1. The number of amides is 2. The molecule has 0 unspecified atom stereocenters. The molecule has 2 aliphatic rings. The van der Waals surface area contributed by atoms with E-state index in [2.05, 4.69) is 10.6 Å². The predicted octanol–water partition coefficient (Wildman–Crippen LogP) is 3.47. The van der Waals surface area contributed by atoms with Gasteiger partial charge in [0.25, 0.3) is 11.8 Å². The standard InChI is InChI=1S/C19H17ClN2O5/c1-10-18(23)22-14-9-12(3-4-15(14)27-10)21-19(24)11-7-13(20)17-16(8-11)25-5-2-6-26-17/h3-4,7-10H,2,5-6H2,1H3,(H,21,24)(H,22,23)/t10-/m0/s1.